The van der Waals surface area contributed by atoms with Gasteiger partial charge < -0.3 is 10.0 Å². The first-order chi connectivity index (χ1) is 18.5. The minimum Gasteiger partial charge on any atom is -0.481 e. The smallest absolute Gasteiger partial charge is 0.433 e. The van der Waals surface area contributed by atoms with E-state index in [0.29, 0.717) is 26.2 Å². The highest BCUT2D eigenvalue weighted by molar-refractivity contribution is 6.36. The fourth-order valence-electron chi connectivity index (χ4n) is 4.90. The first-order valence-corrected chi connectivity index (χ1v) is 13.4. The van der Waals surface area contributed by atoms with Gasteiger partial charge in [0.25, 0.3) is 5.91 Å². The van der Waals surface area contributed by atoms with E-state index in [-0.39, 0.29) is 45.2 Å². The number of halogens is 6. The highest BCUT2D eigenvalue weighted by Gasteiger charge is 2.43. The maximum atomic E-state index is 14.4. The Balaban J connectivity index is 1.66. The number of carboxylic acid groups (broad SMARTS) is 1. The molecule has 0 unspecified atom stereocenters. The summed E-state index contributed by atoms with van der Waals surface area (Å²) in [5, 5.41) is 14.5. The number of amides is 1. The Morgan fingerprint density at radius 1 is 1.00 bits per heavy atom. The molecule has 0 radical (unpaired) electrons. The quantitative estimate of drug-likeness (QED) is 0.289. The molecule has 208 valence electrons. The molecule has 4 rings (SSSR count). The fourth-order valence-corrected chi connectivity index (χ4v) is 5.61. The molecule has 1 fully saturated rings. The van der Waals surface area contributed by atoms with Crippen molar-refractivity contribution in [1.82, 2.24) is 14.7 Å². The normalized spacial score (nSPS) is 17.7. The van der Waals surface area contributed by atoms with Crippen molar-refractivity contribution in [3.8, 4) is 0 Å². The minimum atomic E-state index is -4.86. The molecule has 2 aromatic carbocycles. The van der Waals surface area contributed by atoms with Gasteiger partial charge in [-0.3, -0.25) is 14.3 Å². The monoisotopic (exact) mass is 601 g/mol. The molecule has 0 atom stereocenters. The van der Waals surface area contributed by atoms with Crippen LogP contribution in [0.2, 0.25) is 15.1 Å². The van der Waals surface area contributed by atoms with Gasteiger partial charge in [0.15, 0.2) is 5.69 Å². The Kier molecular flexibility index (Phi) is 9.14. The molecule has 1 heterocycles. The van der Waals surface area contributed by atoms with Crippen molar-refractivity contribution >= 4 is 46.7 Å². The van der Waals surface area contributed by atoms with Crippen molar-refractivity contribution < 1.29 is 27.9 Å². The predicted octanol–water partition coefficient (Wildman–Crippen LogP) is 7.56. The molecule has 0 saturated heterocycles. The molecule has 1 N–H and O–H groups in total. The van der Waals surface area contributed by atoms with Crippen LogP contribution in [0.25, 0.3) is 0 Å². The lowest BCUT2D eigenvalue weighted by atomic mass is 9.86. The van der Waals surface area contributed by atoms with E-state index in [1.54, 1.807) is 42.5 Å². The first kappa shape index (κ1) is 29.2. The van der Waals surface area contributed by atoms with E-state index in [9.17, 15) is 27.9 Å². The van der Waals surface area contributed by atoms with Crippen LogP contribution < -0.4 is 0 Å². The van der Waals surface area contributed by atoms with E-state index < -0.39 is 41.3 Å². The summed E-state index contributed by atoms with van der Waals surface area (Å²) in [5.74, 6) is -2.40. The molecular formula is C27H25Cl3F3N3O3. The number of rotatable bonds is 8. The number of carboxylic acids is 1. The van der Waals surface area contributed by atoms with Gasteiger partial charge >= 0.3 is 12.1 Å². The zero-order valence-corrected chi connectivity index (χ0v) is 22.9. The summed E-state index contributed by atoms with van der Waals surface area (Å²) in [7, 11) is 0. The average Bonchev–Trinajstić information content (AvgIpc) is 3.34. The van der Waals surface area contributed by atoms with Crippen LogP contribution in [0.4, 0.5) is 13.2 Å². The Hall–Kier alpha value is -2.75. The van der Waals surface area contributed by atoms with Gasteiger partial charge in [0, 0.05) is 28.2 Å². The van der Waals surface area contributed by atoms with Gasteiger partial charge in [-0.15, -0.1) is 0 Å². The molecule has 3 aromatic rings. The molecule has 1 amide bonds. The molecule has 12 heteroatoms. The molecule has 1 saturated carbocycles. The van der Waals surface area contributed by atoms with Crippen LogP contribution in [0.1, 0.15) is 58.9 Å². The van der Waals surface area contributed by atoms with Crippen molar-refractivity contribution in [3.05, 3.63) is 86.1 Å². The highest BCUT2D eigenvalue weighted by Crippen LogP contribution is 2.39. The van der Waals surface area contributed by atoms with Gasteiger partial charge in [-0.05, 0) is 67.5 Å². The number of alkyl halides is 3. The summed E-state index contributed by atoms with van der Waals surface area (Å²) in [6.45, 7) is 0.0569. The number of aliphatic carboxylic acids is 1. The number of carbonyl (C=O) groups is 2. The number of hydrogen-bond donors (Lipinski definition) is 1. The Morgan fingerprint density at radius 2 is 1.62 bits per heavy atom. The molecule has 1 aliphatic carbocycles. The topological polar surface area (TPSA) is 75.4 Å². The second kappa shape index (κ2) is 12.2. The summed E-state index contributed by atoms with van der Waals surface area (Å²) in [4.78, 5) is 26.3. The predicted molar refractivity (Wildman–Crippen MR) is 142 cm³/mol. The van der Waals surface area contributed by atoms with Crippen molar-refractivity contribution in [1.29, 1.82) is 0 Å². The summed E-state index contributed by atoms with van der Waals surface area (Å²) >= 11 is 18.6. The number of aromatic nitrogens is 2. The van der Waals surface area contributed by atoms with Crippen LogP contribution in [0.3, 0.4) is 0 Å². The van der Waals surface area contributed by atoms with E-state index in [2.05, 4.69) is 5.10 Å². The second-order valence-corrected chi connectivity index (χ2v) is 10.7. The Morgan fingerprint density at radius 3 is 2.18 bits per heavy atom. The summed E-state index contributed by atoms with van der Waals surface area (Å²) < 4.78 is 44.0. The van der Waals surface area contributed by atoms with E-state index in [0.717, 1.165) is 10.9 Å². The van der Waals surface area contributed by atoms with Crippen LogP contribution in [0.15, 0.2) is 48.7 Å². The van der Waals surface area contributed by atoms with Gasteiger partial charge in [0.2, 0.25) is 0 Å². The molecule has 6 nitrogen and oxygen atoms in total. The Labute approximate surface area is 238 Å². The summed E-state index contributed by atoms with van der Waals surface area (Å²) in [6.07, 6.45) is -2.78. The summed E-state index contributed by atoms with van der Waals surface area (Å²) in [5.41, 5.74) is -0.451. The standard InChI is InChI=1S/C27H25Cl3F3N3O3/c28-18-8-4-16(5-9-18)15-35(13-12-20-22(29)2-1-3-23(20)30)25(37)21-14-34-36(24(21)27(31,32)33)19-10-6-17(7-11-19)26(38)39/h1-5,8-9,14,17,19H,6-7,10-13,15H2,(H,38,39)/t17-,19-. The van der Waals surface area contributed by atoms with Crippen molar-refractivity contribution in [2.75, 3.05) is 6.54 Å². The third-order valence-corrected chi connectivity index (χ3v) is 7.91. The van der Waals surface area contributed by atoms with Crippen molar-refractivity contribution in [3.63, 3.8) is 0 Å². The zero-order chi connectivity index (χ0) is 28.3. The van der Waals surface area contributed by atoms with E-state index in [1.165, 1.54) is 4.90 Å². The van der Waals surface area contributed by atoms with Crippen LogP contribution in [-0.2, 0) is 23.9 Å². The molecule has 1 aromatic heterocycles. The van der Waals surface area contributed by atoms with E-state index in [4.69, 9.17) is 34.8 Å². The number of nitrogens with zero attached hydrogens (tertiary/aromatic N) is 3. The van der Waals surface area contributed by atoms with Gasteiger partial charge in [-0.1, -0.05) is 53.0 Å². The first-order valence-electron chi connectivity index (χ1n) is 12.3. The lowest BCUT2D eigenvalue weighted by Gasteiger charge is -2.28. The largest absolute Gasteiger partial charge is 0.481 e. The van der Waals surface area contributed by atoms with Gasteiger partial charge in [0.1, 0.15) is 0 Å². The molecule has 39 heavy (non-hydrogen) atoms. The summed E-state index contributed by atoms with van der Waals surface area (Å²) in [6, 6.07) is 11.0. The van der Waals surface area contributed by atoms with Crippen LogP contribution in [-0.4, -0.2) is 38.2 Å². The van der Waals surface area contributed by atoms with E-state index >= 15 is 0 Å². The third kappa shape index (κ3) is 6.88. The van der Waals surface area contributed by atoms with Crippen LogP contribution in [0, 0.1) is 5.92 Å². The zero-order valence-electron chi connectivity index (χ0n) is 20.6. The lowest BCUT2D eigenvalue weighted by Crippen LogP contribution is -2.34. The maximum absolute atomic E-state index is 14.4. The van der Waals surface area contributed by atoms with Gasteiger partial charge in [0.05, 0.1) is 23.7 Å². The van der Waals surface area contributed by atoms with Crippen LogP contribution >= 0.6 is 34.8 Å². The molecular weight excluding hydrogens is 578 g/mol. The van der Waals surface area contributed by atoms with Gasteiger partial charge in [-0.25, -0.2) is 0 Å². The Bertz CT molecular complexity index is 1320. The lowest BCUT2D eigenvalue weighted by molar-refractivity contribution is -0.147. The number of carbonyl (C=O) groups excluding carboxylic acids is 1. The molecule has 1 aliphatic rings. The highest BCUT2D eigenvalue weighted by atomic mass is 35.5. The third-order valence-electron chi connectivity index (χ3n) is 6.95. The van der Waals surface area contributed by atoms with Crippen molar-refractivity contribution in [2.24, 2.45) is 5.92 Å². The second-order valence-electron chi connectivity index (χ2n) is 9.50. The number of hydrogen-bond acceptors (Lipinski definition) is 3. The maximum Gasteiger partial charge on any atom is 0.433 e. The van der Waals surface area contributed by atoms with Gasteiger partial charge in [-0.2, -0.15) is 18.3 Å². The molecule has 0 spiro atoms. The van der Waals surface area contributed by atoms with Crippen LogP contribution in [0.5, 0.6) is 0 Å². The fraction of sp³-hybridized carbons (Fsp3) is 0.370. The molecule has 0 aliphatic heterocycles. The molecule has 0 bridgehead atoms. The minimum absolute atomic E-state index is 0.0181. The SMILES string of the molecule is O=C(c1cnn([C@H]2CC[C@H](C(=O)O)CC2)c1C(F)(F)F)N(CCc1c(Cl)cccc1Cl)Cc1ccc(Cl)cc1. The van der Waals surface area contributed by atoms with Crippen molar-refractivity contribution in [2.45, 2.75) is 50.9 Å². The van der Waals surface area contributed by atoms with E-state index in [1.807, 2.05) is 0 Å². The number of benzene rings is 2. The average molecular weight is 603 g/mol.